The number of carbonyl (C=O) groups is 3. The molecule has 9 heteroatoms. The van der Waals surface area contributed by atoms with Gasteiger partial charge in [0.25, 0.3) is 5.91 Å². The average Bonchev–Trinajstić information content (AvgIpc) is 3.51. The maximum absolute atomic E-state index is 13.6. The first kappa shape index (κ1) is 25.9. The molecule has 9 nitrogen and oxygen atoms in total. The molecule has 1 saturated carbocycles. The second kappa shape index (κ2) is 10.7. The molecule has 3 unspecified atom stereocenters. The van der Waals surface area contributed by atoms with E-state index in [4.69, 9.17) is 9.47 Å². The summed E-state index contributed by atoms with van der Waals surface area (Å²) in [5.74, 6) is -0.238. The summed E-state index contributed by atoms with van der Waals surface area (Å²) in [6.45, 7) is 6.81. The summed E-state index contributed by atoms with van der Waals surface area (Å²) in [5, 5.41) is 15.9. The Balaban J connectivity index is 1.89. The van der Waals surface area contributed by atoms with Crippen molar-refractivity contribution >= 4 is 23.6 Å². The van der Waals surface area contributed by atoms with Crippen molar-refractivity contribution in [3.05, 3.63) is 54.1 Å². The molecular formula is C26H33N3O6. The molecule has 35 heavy (non-hydrogen) atoms. The molecule has 3 N–H and O–H groups in total. The van der Waals surface area contributed by atoms with E-state index in [-0.39, 0.29) is 24.3 Å². The second-order valence-corrected chi connectivity index (χ2v) is 9.62. The number of para-hydroxylation sites is 1. The number of aromatic hydroxyl groups is 1. The number of methoxy groups -OCH3 is 1. The third kappa shape index (κ3) is 6.88. The van der Waals surface area contributed by atoms with Gasteiger partial charge < -0.3 is 30.1 Å². The Kier molecular flexibility index (Phi) is 7.89. The van der Waals surface area contributed by atoms with Crippen LogP contribution < -0.4 is 15.4 Å². The smallest absolute Gasteiger partial charge is 0.408 e. The SMILES string of the molecule is COc1ccc(NC(=O)C(c2ccccc2O)N(C(=O)CNC(=O)OC(C)(C)C)C2CC2C)cc1. The highest BCUT2D eigenvalue weighted by Crippen LogP contribution is 2.42. The van der Waals surface area contributed by atoms with E-state index in [1.807, 2.05) is 6.92 Å². The van der Waals surface area contributed by atoms with Crippen LogP contribution in [0.25, 0.3) is 0 Å². The molecule has 0 aromatic heterocycles. The van der Waals surface area contributed by atoms with Crippen LogP contribution in [0.3, 0.4) is 0 Å². The number of nitrogens with one attached hydrogen (secondary N) is 2. The van der Waals surface area contributed by atoms with Crippen LogP contribution >= 0.6 is 0 Å². The van der Waals surface area contributed by atoms with Crippen LogP contribution in [0.2, 0.25) is 0 Å². The van der Waals surface area contributed by atoms with Gasteiger partial charge in [-0.2, -0.15) is 0 Å². The van der Waals surface area contributed by atoms with Gasteiger partial charge in [0.15, 0.2) is 0 Å². The molecule has 3 rings (SSSR count). The minimum Gasteiger partial charge on any atom is -0.508 e. The Morgan fingerprint density at radius 2 is 1.74 bits per heavy atom. The molecule has 0 bridgehead atoms. The number of carbonyl (C=O) groups excluding carboxylic acids is 3. The molecule has 0 aliphatic heterocycles. The van der Waals surface area contributed by atoms with Crippen molar-refractivity contribution in [3.8, 4) is 11.5 Å². The van der Waals surface area contributed by atoms with Crippen molar-refractivity contribution in [1.82, 2.24) is 10.2 Å². The fraction of sp³-hybridized carbons (Fsp3) is 0.423. The molecule has 0 heterocycles. The largest absolute Gasteiger partial charge is 0.508 e. The fourth-order valence-corrected chi connectivity index (χ4v) is 3.78. The highest BCUT2D eigenvalue weighted by Gasteiger charge is 2.47. The van der Waals surface area contributed by atoms with E-state index >= 15 is 0 Å². The second-order valence-electron chi connectivity index (χ2n) is 9.62. The number of anilines is 1. The quantitative estimate of drug-likeness (QED) is 0.525. The van der Waals surface area contributed by atoms with E-state index in [2.05, 4.69) is 10.6 Å². The summed E-state index contributed by atoms with van der Waals surface area (Å²) in [7, 11) is 1.55. The number of hydrogen-bond donors (Lipinski definition) is 3. The molecule has 0 radical (unpaired) electrons. The summed E-state index contributed by atoms with van der Waals surface area (Å²) in [5.41, 5.74) is 0.0941. The summed E-state index contributed by atoms with van der Waals surface area (Å²) in [4.78, 5) is 40.5. The molecule has 3 amide bonds. The lowest BCUT2D eigenvalue weighted by Gasteiger charge is -2.32. The van der Waals surface area contributed by atoms with Crippen LogP contribution in [-0.2, 0) is 14.3 Å². The van der Waals surface area contributed by atoms with Crippen molar-refractivity contribution < 1.29 is 29.0 Å². The third-order valence-corrected chi connectivity index (χ3v) is 5.61. The van der Waals surface area contributed by atoms with E-state index in [0.29, 0.717) is 23.4 Å². The van der Waals surface area contributed by atoms with Crippen molar-refractivity contribution in [2.45, 2.75) is 51.8 Å². The Labute approximate surface area is 205 Å². The van der Waals surface area contributed by atoms with E-state index < -0.39 is 29.6 Å². The van der Waals surface area contributed by atoms with Gasteiger partial charge in [-0.3, -0.25) is 9.59 Å². The highest BCUT2D eigenvalue weighted by atomic mass is 16.6. The predicted molar refractivity (Wildman–Crippen MR) is 131 cm³/mol. The lowest BCUT2D eigenvalue weighted by molar-refractivity contribution is -0.139. The van der Waals surface area contributed by atoms with Crippen LogP contribution in [0.5, 0.6) is 11.5 Å². The molecule has 1 fully saturated rings. The van der Waals surface area contributed by atoms with Gasteiger partial charge in [-0.25, -0.2) is 4.79 Å². The Morgan fingerprint density at radius 1 is 1.11 bits per heavy atom. The van der Waals surface area contributed by atoms with Crippen LogP contribution in [0, 0.1) is 5.92 Å². The maximum atomic E-state index is 13.6. The Hall–Kier alpha value is -3.75. The molecule has 3 atom stereocenters. The van der Waals surface area contributed by atoms with Gasteiger partial charge in [-0.1, -0.05) is 25.1 Å². The number of alkyl carbamates (subject to hydrolysis) is 1. The van der Waals surface area contributed by atoms with Gasteiger partial charge in [0.1, 0.15) is 29.7 Å². The highest BCUT2D eigenvalue weighted by molar-refractivity contribution is 5.99. The average molecular weight is 484 g/mol. The van der Waals surface area contributed by atoms with Gasteiger partial charge in [0.2, 0.25) is 5.91 Å². The zero-order valence-corrected chi connectivity index (χ0v) is 20.7. The van der Waals surface area contributed by atoms with Crippen LogP contribution in [-0.4, -0.2) is 53.2 Å². The lowest BCUT2D eigenvalue weighted by atomic mass is 10.0. The van der Waals surface area contributed by atoms with Crippen LogP contribution in [0.15, 0.2) is 48.5 Å². The number of rotatable bonds is 8. The molecule has 188 valence electrons. The van der Waals surface area contributed by atoms with Crippen molar-refractivity contribution in [2.24, 2.45) is 5.92 Å². The first-order valence-electron chi connectivity index (χ1n) is 11.5. The molecule has 2 aromatic carbocycles. The van der Waals surface area contributed by atoms with Gasteiger partial charge in [0, 0.05) is 17.3 Å². The summed E-state index contributed by atoms with van der Waals surface area (Å²) >= 11 is 0. The van der Waals surface area contributed by atoms with Crippen LogP contribution in [0.4, 0.5) is 10.5 Å². The summed E-state index contributed by atoms with van der Waals surface area (Å²) in [6.07, 6.45) is -0.0191. The topological polar surface area (TPSA) is 117 Å². The summed E-state index contributed by atoms with van der Waals surface area (Å²) < 4.78 is 10.4. The lowest BCUT2D eigenvalue weighted by Crippen LogP contribution is -2.48. The molecule has 1 aliphatic rings. The van der Waals surface area contributed by atoms with Crippen molar-refractivity contribution in [2.75, 3.05) is 19.0 Å². The van der Waals surface area contributed by atoms with Crippen LogP contribution in [0.1, 0.15) is 45.7 Å². The monoisotopic (exact) mass is 483 g/mol. The Bertz CT molecular complexity index is 1060. The summed E-state index contributed by atoms with van der Waals surface area (Å²) in [6, 6.07) is 11.9. The molecule has 0 spiro atoms. The van der Waals surface area contributed by atoms with Gasteiger partial charge >= 0.3 is 6.09 Å². The van der Waals surface area contributed by atoms with Gasteiger partial charge in [0.05, 0.1) is 7.11 Å². The molecule has 2 aromatic rings. The number of phenolic OH excluding ortho intramolecular Hbond substituents is 1. The zero-order chi connectivity index (χ0) is 25.8. The van der Waals surface area contributed by atoms with Crippen molar-refractivity contribution in [3.63, 3.8) is 0 Å². The predicted octanol–water partition coefficient (Wildman–Crippen LogP) is 3.84. The number of hydrogen-bond acceptors (Lipinski definition) is 6. The number of ether oxygens (including phenoxy) is 2. The fourth-order valence-electron chi connectivity index (χ4n) is 3.78. The van der Waals surface area contributed by atoms with Gasteiger partial charge in [-0.15, -0.1) is 0 Å². The maximum Gasteiger partial charge on any atom is 0.408 e. The minimum absolute atomic E-state index is 0.103. The molecular weight excluding hydrogens is 450 g/mol. The minimum atomic E-state index is -1.11. The normalized spacial score (nSPS) is 17.6. The number of amides is 3. The van der Waals surface area contributed by atoms with E-state index in [0.717, 1.165) is 0 Å². The van der Waals surface area contributed by atoms with E-state index in [1.54, 1.807) is 70.3 Å². The number of phenols is 1. The molecule has 1 aliphatic carbocycles. The Morgan fingerprint density at radius 3 is 2.29 bits per heavy atom. The van der Waals surface area contributed by atoms with E-state index in [9.17, 15) is 19.5 Å². The standard InChI is InChI=1S/C26H33N3O6/c1-16-14-20(16)29(22(31)15-27-25(33)35-26(2,3)4)23(19-8-6-7-9-21(19)30)24(32)28-17-10-12-18(34-5)13-11-17/h6-13,16,20,23,30H,14-15H2,1-5H3,(H,27,33)(H,28,32). The zero-order valence-electron chi connectivity index (χ0n) is 20.7. The number of nitrogens with zero attached hydrogens (tertiary/aromatic N) is 1. The molecule has 0 saturated heterocycles. The third-order valence-electron chi connectivity index (χ3n) is 5.61. The van der Waals surface area contributed by atoms with Gasteiger partial charge in [-0.05, 0) is 63.4 Å². The van der Waals surface area contributed by atoms with E-state index in [1.165, 1.54) is 11.0 Å². The van der Waals surface area contributed by atoms with Crippen molar-refractivity contribution in [1.29, 1.82) is 0 Å². The number of benzene rings is 2. The first-order chi connectivity index (χ1) is 16.5. The first-order valence-corrected chi connectivity index (χ1v) is 11.5.